The molecule has 0 saturated heterocycles. The minimum absolute atomic E-state index is 0.0391. The first-order valence-corrected chi connectivity index (χ1v) is 10.9. The average Bonchev–Trinajstić information content (AvgIpc) is 3.12. The zero-order chi connectivity index (χ0) is 20.2. The summed E-state index contributed by atoms with van der Waals surface area (Å²) in [4.78, 5) is 12.3. The van der Waals surface area contributed by atoms with Gasteiger partial charge in [-0.25, -0.2) is 0 Å². The van der Waals surface area contributed by atoms with E-state index in [4.69, 9.17) is 4.74 Å². The number of ketones is 1. The zero-order valence-corrected chi connectivity index (χ0v) is 17.6. The maximum atomic E-state index is 12.3. The Morgan fingerprint density at radius 2 is 1.79 bits per heavy atom. The Balaban J connectivity index is 1.63. The number of aryl methyl sites for hydroxylation is 2. The van der Waals surface area contributed by atoms with Gasteiger partial charge in [-0.2, -0.15) is 0 Å². The van der Waals surface area contributed by atoms with Crippen molar-refractivity contribution in [2.45, 2.75) is 56.5 Å². The van der Waals surface area contributed by atoms with Crippen LogP contribution in [0.15, 0.2) is 53.7 Å². The molecule has 0 bridgehead atoms. The maximum absolute atomic E-state index is 12.3. The van der Waals surface area contributed by atoms with Crippen molar-refractivity contribution in [3.8, 4) is 11.4 Å². The van der Waals surface area contributed by atoms with E-state index >= 15 is 0 Å². The molecule has 1 heterocycles. The minimum atomic E-state index is -0.0391. The second kappa shape index (κ2) is 8.82. The Labute approximate surface area is 175 Å². The molecule has 0 aliphatic heterocycles. The predicted molar refractivity (Wildman–Crippen MR) is 115 cm³/mol. The lowest BCUT2D eigenvalue weighted by molar-refractivity contribution is -0.119. The Kier molecular flexibility index (Phi) is 6.00. The highest BCUT2D eigenvalue weighted by Crippen LogP contribution is 2.33. The van der Waals surface area contributed by atoms with E-state index in [0.29, 0.717) is 18.8 Å². The Bertz CT molecular complexity index is 980. The van der Waals surface area contributed by atoms with Gasteiger partial charge >= 0.3 is 0 Å². The summed E-state index contributed by atoms with van der Waals surface area (Å²) in [5.74, 6) is 1.92. The van der Waals surface area contributed by atoms with Crippen LogP contribution in [0.1, 0.15) is 42.6 Å². The number of hydrogen-bond acceptors (Lipinski definition) is 5. The third-order valence-electron chi connectivity index (χ3n) is 5.22. The molecule has 29 heavy (non-hydrogen) atoms. The summed E-state index contributed by atoms with van der Waals surface area (Å²) in [6.45, 7) is 4.40. The van der Waals surface area contributed by atoms with Gasteiger partial charge in [0.2, 0.25) is 0 Å². The van der Waals surface area contributed by atoms with Crippen LogP contribution in [0.4, 0.5) is 0 Å². The number of aromatic nitrogens is 3. The second-order valence-corrected chi connectivity index (χ2v) is 8.57. The van der Waals surface area contributed by atoms with Crippen LogP contribution in [-0.2, 0) is 11.4 Å². The molecule has 0 radical (unpaired) electrons. The molecule has 5 nitrogen and oxygen atoms in total. The molecular weight excluding hydrogens is 382 g/mol. The van der Waals surface area contributed by atoms with E-state index in [9.17, 15) is 4.79 Å². The van der Waals surface area contributed by atoms with Crippen molar-refractivity contribution >= 4 is 17.5 Å². The van der Waals surface area contributed by atoms with Gasteiger partial charge in [0, 0.05) is 12.1 Å². The highest BCUT2D eigenvalue weighted by atomic mass is 32.2. The third-order valence-corrected chi connectivity index (χ3v) is 6.47. The summed E-state index contributed by atoms with van der Waals surface area (Å²) in [6.07, 6.45) is 3.65. The molecule has 1 saturated carbocycles. The molecule has 1 atom stereocenters. The standard InChI is InChI=1S/C23H25N3O2S/c1-16-9-8-10-17(2)22(16)28-15-21-24-25-23(26(21)18-11-4-3-5-12-18)29-20-14-7-6-13-19(20)27/h3-5,8-12,20H,6-7,13-15H2,1-2H3. The van der Waals surface area contributed by atoms with E-state index in [1.54, 1.807) is 0 Å². The highest BCUT2D eigenvalue weighted by Gasteiger charge is 2.26. The number of benzene rings is 2. The van der Waals surface area contributed by atoms with Crippen molar-refractivity contribution < 1.29 is 9.53 Å². The minimum Gasteiger partial charge on any atom is -0.485 e. The largest absolute Gasteiger partial charge is 0.485 e. The Morgan fingerprint density at radius 1 is 1.03 bits per heavy atom. The van der Waals surface area contributed by atoms with Gasteiger partial charge in [0.1, 0.15) is 18.1 Å². The SMILES string of the molecule is Cc1cccc(C)c1OCc1nnc(SC2CCCCC2=O)n1-c1ccccc1. The maximum Gasteiger partial charge on any atom is 0.196 e. The number of ether oxygens (including phenoxy) is 1. The van der Waals surface area contributed by atoms with Crippen LogP contribution >= 0.6 is 11.8 Å². The van der Waals surface area contributed by atoms with E-state index < -0.39 is 0 Å². The van der Waals surface area contributed by atoms with Crippen LogP contribution in [-0.4, -0.2) is 25.8 Å². The van der Waals surface area contributed by atoms with Crippen molar-refractivity contribution in [3.63, 3.8) is 0 Å². The Morgan fingerprint density at radius 3 is 2.52 bits per heavy atom. The van der Waals surface area contributed by atoms with Gasteiger partial charge in [0.05, 0.1) is 5.25 Å². The van der Waals surface area contributed by atoms with Gasteiger partial charge < -0.3 is 4.74 Å². The van der Waals surface area contributed by atoms with Crippen molar-refractivity contribution in [2.75, 3.05) is 0 Å². The van der Waals surface area contributed by atoms with E-state index in [1.807, 2.05) is 66.9 Å². The van der Waals surface area contributed by atoms with E-state index in [2.05, 4.69) is 10.2 Å². The van der Waals surface area contributed by atoms with E-state index in [0.717, 1.165) is 52.8 Å². The quantitative estimate of drug-likeness (QED) is 0.571. The van der Waals surface area contributed by atoms with Crippen LogP contribution in [0.5, 0.6) is 5.75 Å². The number of para-hydroxylation sites is 2. The van der Waals surface area contributed by atoms with Crippen LogP contribution in [0.3, 0.4) is 0 Å². The fraction of sp³-hybridized carbons (Fsp3) is 0.348. The number of nitrogens with zero attached hydrogens (tertiary/aromatic N) is 3. The summed E-state index contributed by atoms with van der Waals surface area (Å²) in [5.41, 5.74) is 3.17. The van der Waals surface area contributed by atoms with Crippen LogP contribution in [0.2, 0.25) is 0 Å². The molecule has 1 aliphatic carbocycles. The van der Waals surface area contributed by atoms with Crippen molar-refractivity contribution in [2.24, 2.45) is 0 Å². The lowest BCUT2D eigenvalue weighted by Gasteiger charge is -2.20. The lowest BCUT2D eigenvalue weighted by atomic mass is 9.99. The number of carbonyl (C=O) groups excluding carboxylic acids is 1. The van der Waals surface area contributed by atoms with Crippen LogP contribution in [0.25, 0.3) is 5.69 Å². The van der Waals surface area contributed by atoms with Crippen LogP contribution in [0, 0.1) is 13.8 Å². The van der Waals surface area contributed by atoms with Gasteiger partial charge in [0.15, 0.2) is 11.0 Å². The van der Waals surface area contributed by atoms with Crippen molar-refractivity contribution in [3.05, 3.63) is 65.5 Å². The van der Waals surface area contributed by atoms with E-state index in [1.165, 1.54) is 11.8 Å². The third kappa shape index (κ3) is 4.37. The number of hydrogen-bond donors (Lipinski definition) is 0. The monoisotopic (exact) mass is 407 g/mol. The summed E-state index contributed by atoms with van der Waals surface area (Å²) in [7, 11) is 0. The number of thioether (sulfide) groups is 1. The molecular formula is C23H25N3O2S. The molecule has 1 aromatic heterocycles. The Hall–Kier alpha value is -2.60. The van der Waals surface area contributed by atoms with Crippen LogP contribution < -0.4 is 4.74 Å². The zero-order valence-electron chi connectivity index (χ0n) is 16.8. The number of rotatable bonds is 6. The molecule has 0 amide bonds. The first-order valence-electron chi connectivity index (χ1n) is 10.0. The molecule has 1 aliphatic rings. The van der Waals surface area contributed by atoms with Gasteiger partial charge in [-0.3, -0.25) is 9.36 Å². The normalized spacial score (nSPS) is 16.8. The topological polar surface area (TPSA) is 57.0 Å². The van der Waals surface area contributed by atoms with Crippen molar-refractivity contribution in [1.82, 2.24) is 14.8 Å². The van der Waals surface area contributed by atoms with Crippen molar-refractivity contribution in [1.29, 1.82) is 0 Å². The molecule has 3 aromatic rings. The lowest BCUT2D eigenvalue weighted by Crippen LogP contribution is -2.22. The molecule has 1 fully saturated rings. The molecule has 0 N–H and O–H groups in total. The fourth-order valence-electron chi connectivity index (χ4n) is 3.67. The van der Waals surface area contributed by atoms with Gasteiger partial charge in [0.25, 0.3) is 0 Å². The molecule has 150 valence electrons. The summed E-state index contributed by atoms with van der Waals surface area (Å²) >= 11 is 1.53. The number of carbonyl (C=O) groups is 1. The van der Waals surface area contributed by atoms with E-state index in [-0.39, 0.29) is 5.25 Å². The summed E-state index contributed by atoms with van der Waals surface area (Å²) < 4.78 is 8.15. The fourth-order valence-corrected chi connectivity index (χ4v) is 4.87. The first-order chi connectivity index (χ1) is 14.1. The molecule has 6 heteroatoms. The number of Topliss-reactive ketones (excluding diaryl/α,β-unsaturated/α-hetero) is 1. The van der Waals surface area contributed by atoms with Gasteiger partial charge in [-0.05, 0) is 49.9 Å². The summed E-state index contributed by atoms with van der Waals surface area (Å²) in [5, 5.41) is 9.54. The van der Waals surface area contributed by atoms with Gasteiger partial charge in [-0.1, -0.05) is 54.6 Å². The molecule has 0 spiro atoms. The second-order valence-electron chi connectivity index (χ2n) is 7.40. The van der Waals surface area contributed by atoms with Gasteiger partial charge in [-0.15, -0.1) is 10.2 Å². The smallest absolute Gasteiger partial charge is 0.196 e. The average molecular weight is 408 g/mol. The first kappa shape index (κ1) is 19.7. The predicted octanol–water partition coefficient (Wildman–Crippen LogP) is 5.07. The highest BCUT2D eigenvalue weighted by molar-refractivity contribution is 8.00. The molecule has 4 rings (SSSR count). The molecule has 2 aromatic carbocycles. The molecule has 1 unspecified atom stereocenters. The summed E-state index contributed by atoms with van der Waals surface area (Å²) in [6, 6.07) is 16.1.